The highest BCUT2D eigenvalue weighted by Gasteiger charge is 2.23. The van der Waals surface area contributed by atoms with E-state index in [9.17, 15) is 14.4 Å². The molecule has 2 aromatic heterocycles. The summed E-state index contributed by atoms with van der Waals surface area (Å²) < 4.78 is 26.8. The van der Waals surface area contributed by atoms with E-state index in [2.05, 4.69) is 31.6 Å². The van der Waals surface area contributed by atoms with Crippen molar-refractivity contribution in [3.63, 3.8) is 0 Å². The zero-order chi connectivity index (χ0) is 25.2. The Balaban J connectivity index is 1.70. The van der Waals surface area contributed by atoms with Crippen molar-refractivity contribution in [3.8, 4) is 40.4 Å². The van der Waals surface area contributed by atoms with Crippen LogP contribution >= 0.6 is 10.6 Å². The third-order valence-electron chi connectivity index (χ3n) is 5.40. The van der Waals surface area contributed by atoms with Gasteiger partial charge in [0.05, 0.1) is 28.4 Å². The number of aromatic nitrogens is 4. The lowest BCUT2D eigenvalue weighted by atomic mass is 10.1. The third-order valence-corrected chi connectivity index (χ3v) is 7.66. The number of rotatable bonds is 7. The van der Waals surface area contributed by atoms with Gasteiger partial charge >= 0.3 is 0 Å². The lowest BCUT2D eigenvalue weighted by molar-refractivity contribution is 0.476. The topological polar surface area (TPSA) is 167 Å². The second-order valence-corrected chi connectivity index (χ2v) is 10.7. The van der Waals surface area contributed by atoms with Crippen LogP contribution in [0.15, 0.2) is 58.0 Å². The summed E-state index contributed by atoms with van der Waals surface area (Å²) in [6.07, 6.45) is 1.44. The van der Waals surface area contributed by atoms with Gasteiger partial charge in [-0.25, -0.2) is 9.97 Å². The quantitative estimate of drug-likeness (QED) is 0.288. The summed E-state index contributed by atoms with van der Waals surface area (Å²) in [5.41, 5.74) is 9.14. The molecule has 5 N–H and O–H groups in total. The molecule has 35 heavy (non-hydrogen) atoms. The first-order chi connectivity index (χ1) is 16.7. The van der Waals surface area contributed by atoms with E-state index in [0.29, 0.717) is 22.0 Å². The van der Waals surface area contributed by atoms with E-state index in [1.165, 1.54) is 12.3 Å². The molecule has 0 spiro atoms. The maximum Gasteiger partial charge on any atom is 0.270 e. The number of hydrogen-bond acceptors (Lipinski definition) is 10. The summed E-state index contributed by atoms with van der Waals surface area (Å²) in [4.78, 5) is 9.02. The monoisotopic (exact) mass is 491 g/mol. The summed E-state index contributed by atoms with van der Waals surface area (Å²) in [5.74, 6) is 0.497. The Bertz CT molecular complexity index is 1400. The van der Waals surface area contributed by atoms with Crippen LogP contribution in [0, 0.1) is 11.3 Å². The maximum atomic E-state index is 10.5. The number of anilines is 1. The number of nitrogens with zero attached hydrogens (tertiary/aromatic N) is 5. The molecule has 10 nitrogen and oxygen atoms in total. The maximum absolute atomic E-state index is 10.5. The molecule has 0 radical (unpaired) electrons. The summed E-state index contributed by atoms with van der Waals surface area (Å²) in [6.45, 7) is 4.17. The Morgan fingerprint density at radius 3 is 2.49 bits per heavy atom. The Morgan fingerprint density at radius 2 is 1.83 bits per heavy atom. The summed E-state index contributed by atoms with van der Waals surface area (Å²) in [6, 6.07) is 14.4. The highest BCUT2D eigenvalue weighted by Crippen LogP contribution is 2.52. The van der Waals surface area contributed by atoms with E-state index in [4.69, 9.17) is 10.2 Å². The van der Waals surface area contributed by atoms with Gasteiger partial charge < -0.3 is 15.5 Å². The molecule has 0 saturated carbocycles. The predicted molar refractivity (Wildman–Crippen MR) is 134 cm³/mol. The highest BCUT2D eigenvalue weighted by atomic mass is 32.3. The Kier molecular flexibility index (Phi) is 6.81. The second kappa shape index (κ2) is 9.81. The first-order valence-corrected chi connectivity index (χ1v) is 12.4. The Morgan fingerprint density at radius 1 is 1.11 bits per heavy atom. The molecule has 180 valence electrons. The van der Waals surface area contributed by atoms with Crippen LogP contribution in [0.1, 0.15) is 25.0 Å². The zero-order valence-corrected chi connectivity index (χ0v) is 20.2. The van der Waals surface area contributed by atoms with Crippen molar-refractivity contribution in [2.24, 2.45) is 0 Å². The van der Waals surface area contributed by atoms with E-state index in [1.807, 2.05) is 31.3 Å². The molecule has 0 fully saturated rings. The van der Waals surface area contributed by atoms with Gasteiger partial charge in [0.25, 0.3) is 5.89 Å². The minimum Gasteiger partial charge on any atom is -0.414 e. The van der Waals surface area contributed by atoms with E-state index in [0.717, 1.165) is 17.7 Å². The number of hydrogen-bond donors (Lipinski definition) is 4. The van der Waals surface area contributed by atoms with Crippen LogP contribution < -0.4 is 11.1 Å². The van der Waals surface area contributed by atoms with E-state index >= 15 is 0 Å². The van der Waals surface area contributed by atoms with Crippen molar-refractivity contribution in [3.05, 3.63) is 59.8 Å². The average Bonchev–Trinajstić information content (AvgIpc) is 3.34. The fraction of sp³-hybridized carbons (Fsp3) is 0.208. The lowest BCUT2D eigenvalue weighted by Crippen LogP contribution is -2.10. The van der Waals surface area contributed by atoms with Gasteiger partial charge in [0.2, 0.25) is 5.89 Å². The van der Waals surface area contributed by atoms with Crippen LogP contribution in [0.5, 0.6) is 0 Å². The van der Waals surface area contributed by atoms with Crippen LogP contribution in [0.3, 0.4) is 0 Å². The normalized spacial score (nSPS) is 12.0. The minimum atomic E-state index is -3.04. The number of nitrogens with two attached hydrogens (primary N) is 1. The van der Waals surface area contributed by atoms with Gasteiger partial charge in [0.15, 0.2) is 11.5 Å². The lowest BCUT2D eigenvalue weighted by Gasteiger charge is -2.36. The standard InChI is InChI=1S/C24H25N7O3S/c1-14(2)35(32,33)18-8-9-19(17(10-18)11-25)20-13-28-22(26)21(29-20)24-31-30-23(34-24)16-6-4-15(5-7-16)12-27-3/h4-10,13-14,27,32-33H,12H2,1-3H3,(H2,26,28). The molecule has 0 aliphatic carbocycles. The van der Waals surface area contributed by atoms with Gasteiger partial charge in [-0.05, 0) is 56.8 Å². The van der Waals surface area contributed by atoms with Gasteiger partial charge in [-0.3, -0.25) is 9.11 Å². The molecule has 4 aromatic rings. The van der Waals surface area contributed by atoms with Gasteiger partial charge in [-0.1, -0.05) is 12.1 Å². The molecule has 2 heterocycles. The molecular formula is C24H25N7O3S. The summed E-state index contributed by atoms with van der Waals surface area (Å²) in [7, 11) is -1.16. The molecule has 0 saturated heterocycles. The number of nitrogens with one attached hydrogen (secondary N) is 1. The summed E-state index contributed by atoms with van der Waals surface area (Å²) >= 11 is 0. The van der Waals surface area contributed by atoms with Crippen LogP contribution in [-0.2, 0) is 6.54 Å². The second-order valence-electron chi connectivity index (χ2n) is 8.09. The van der Waals surface area contributed by atoms with Crippen molar-refractivity contribution in [1.29, 1.82) is 5.26 Å². The average molecular weight is 492 g/mol. The molecule has 0 aliphatic rings. The van der Waals surface area contributed by atoms with Crippen LogP contribution in [0.25, 0.3) is 34.3 Å². The van der Waals surface area contributed by atoms with Crippen LogP contribution in [0.2, 0.25) is 0 Å². The largest absolute Gasteiger partial charge is 0.414 e. The van der Waals surface area contributed by atoms with Crippen molar-refractivity contribution in [2.75, 3.05) is 12.8 Å². The molecule has 0 atom stereocenters. The fourth-order valence-corrected chi connectivity index (χ4v) is 4.49. The first kappa shape index (κ1) is 24.3. The van der Waals surface area contributed by atoms with Crippen molar-refractivity contribution in [1.82, 2.24) is 25.5 Å². The number of nitriles is 1. The van der Waals surface area contributed by atoms with E-state index in [-0.39, 0.29) is 23.0 Å². The molecular weight excluding hydrogens is 466 g/mol. The fourth-order valence-electron chi connectivity index (χ4n) is 3.39. The van der Waals surface area contributed by atoms with Crippen LogP contribution in [0.4, 0.5) is 5.82 Å². The molecule has 4 rings (SSSR count). The van der Waals surface area contributed by atoms with E-state index < -0.39 is 15.8 Å². The summed E-state index contributed by atoms with van der Waals surface area (Å²) in [5, 5.41) is 20.6. The molecule has 11 heteroatoms. The van der Waals surface area contributed by atoms with E-state index in [1.54, 1.807) is 26.0 Å². The number of nitrogen functional groups attached to an aromatic ring is 1. The molecule has 0 aliphatic heterocycles. The molecule has 0 amide bonds. The molecule has 0 unspecified atom stereocenters. The third kappa shape index (κ3) is 4.87. The van der Waals surface area contributed by atoms with Gasteiger partial charge in [0, 0.05) is 22.9 Å². The number of benzene rings is 2. The Hall–Kier alpha value is -3.82. The van der Waals surface area contributed by atoms with Crippen molar-refractivity contribution in [2.45, 2.75) is 30.5 Å². The molecule has 2 aromatic carbocycles. The Labute approximate surface area is 204 Å². The smallest absolute Gasteiger partial charge is 0.270 e. The first-order valence-electron chi connectivity index (χ1n) is 10.8. The van der Waals surface area contributed by atoms with Crippen LogP contribution in [-0.4, -0.2) is 41.6 Å². The van der Waals surface area contributed by atoms with Gasteiger partial charge in [0.1, 0.15) is 0 Å². The van der Waals surface area contributed by atoms with Crippen molar-refractivity contribution >= 4 is 16.4 Å². The SMILES string of the molecule is CNCc1ccc(-c2nnc(-c3nc(-c4ccc(S(O)(O)C(C)C)cc4C#N)cnc3N)o2)cc1. The van der Waals surface area contributed by atoms with Gasteiger partial charge in [-0.2, -0.15) is 15.9 Å². The molecule has 0 bridgehead atoms. The van der Waals surface area contributed by atoms with Crippen molar-refractivity contribution < 1.29 is 13.5 Å². The predicted octanol–water partition coefficient (Wildman–Crippen LogP) is 4.55. The zero-order valence-electron chi connectivity index (χ0n) is 19.4. The van der Waals surface area contributed by atoms with Gasteiger partial charge in [-0.15, -0.1) is 10.2 Å². The highest BCUT2D eigenvalue weighted by molar-refractivity contribution is 8.24. The minimum absolute atomic E-state index is 0.0928.